The van der Waals surface area contributed by atoms with E-state index >= 15 is 0 Å². The number of carbonyl (C=O) groups is 2. The molecule has 0 atom stereocenters. The number of benzene rings is 1. The lowest BCUT2D eigenvalue weighted by molar-refractivity contribution is -0.121. The molecule has 24 heavy (non-hydrogen) atoms. The molecule has 3 rings (SSSR count). The molecule has 1 N–H and O–H groups in total. The Balaban J connectivity index is 1.48. The van der Waals surface area contributed by atoms with E-state index < -0.39 is 0 Å². The number of fused-ring (bicyclic) bond motifs is 1. The van der Waals surface area contributed by atoms with Gasteiger partial charge in [0, 0.05) is 37.8 Å². The summed E-state index contributed by atoms with van der Waals surface area (Å²) in [7, 11) is 0. The number of thioether (sulfide) groups is 1. The fourth-order valence-electron chi connectivity index (χ4n) is 2.55. The molecular weight excluding hydrogens is 326 g/mol. The Bertz CT molecular complexity index is 744. The number of para-hydroxylation sites is 1. The lowest BCUT2D eigenvalue weighted by Gasteiger charge is -2.28. The normalized spacial score (nSPS) is 13.7. The third-order valence-electron chi connectivity index (χ3n) is 3.73. The van der Waals surface area contributed by atoms with E-state index in [2.05, 4.69) is 10.3 Å². The van der Waals surface area contributed by atoms with Crippen molar-refractivity contribution in [2.45, 2.75) is 24.7 Å². The highest BCUT2D eigenvalue weighted by Gasteiger charge is 2.24. The van der Waals surface area contributed by atoms with Gasteiger partial charge in [-0.1, -0.05) is 12.1 Å². The Morgan fingerprint density at radius 1 is 1.42 bits per heavy atom. The number of nitrogens with zero attached hydrogens (tertiary/aromatic N) is 2. The molecule has 6 nitrogen and oxygen atoms in total. The zero-order valence-electron chi connectivity index (χ0n) is 13.4. The first-order valence-corrected chi connectivity index (χ1v) is 8.82. The smallest absolute Gasteiger partial charge is 0.237 e. The van der Waals surface area contributed by atoms with Gasteiger partial charge in [-0.3, -0.25) is 9.59 Å². The van der Waals surface area contributed by atoms with E-state index in [0.717, 1.165) is 16.3 Å². The minimum absolute atomic E-state index is 0.0450. The van der Waals surface area contributed by atoms with E-state index in [-0.39, 0.29) is 18.2 Å². The first-order chi connectivity index (χ1) is 11.6. The Hall–Kier alpha value is -2.28. The molecule has 0 bridgehead atoms. The van der Waals surface area contributed by atoms with Gasteiger partial charge in [0.2, 0.25) is 11.8 Å². The van der Waals surface area contributed by atoms with Crippen LogP contribution in [-0.4, -0.2) is 35.6 Å². The van der Waals surface area contributed by atoms with Gasteiger partial charge < -0.3 is 14.6 Å². The second-order valence-corrected chi connectivity index (χ2v) is 6.51. The highest BCUT2D eigenvalue weighted by molar-refractivity contribution is 8.00. The maximum absolute atomic E-state index is 12.1. The summed E-state index contributed by atoms with van der Waals surface area (Å²) in [5, 5.41) is 2.85. The summed E-state index contributed by atoms with van der Waals surface area (Å²) in [6.45, 7) is 2.67. The van der Waals surface area contributed by atoms with Crippen LogP contribution in [0.2, 0.25) is 0 Å². The quantitative estimate of drug-likeness (QED) is 0.868. The molecule has 0 saturated carbocycles. The number of amides is 2. The number of hydrogen-bond donors (Lipinski definition) is 1. The molecule has 1 aliphatic heterocycles. The summed E-state index contributed by atoms with van der Waals surface area (Å²) < 4.78 is 5.36. The third kappa shape index (κ3) is 3.97. The minimum Gasteiger partial charge on any atom is -0.446 e. The van der Waals surface area contributed by atoms with Gasteiger partial charge in [0.15, 0.2) is 5.89 Å². The molecule has 1 aliphatic rings. The monoisotopic (exact) mass is 345 g/mol. The highest BCUT2D eigenvalue weighted by Crippen LogP contribution is 2.34. The Labute approximate surface area is 144 Å². The largest absolute Gasteiger partial charge is 0.446 e. The zero-order chi connectivity index (χ0) is 16.9. The highest BCUT2D eigenvalue weighted by atomic mass is 32.2. The lowest BCUT2D eigenvalue weighted by Crippen LogP contribution is -2.38. The van der Waals surface area contributed by atoms with Crippen molar-refractivity contribution in [1.29, 1.82) is 0 Å². The minimum atomic E-state index is -0.0743. The molecule has 1 aromatic carbocycles. The molecule has 2 amide bonds. The van der Waals surface area contributed by atoms with Crippen LogP contribution in [0.15, 0.2) is 39.8 Å². The molecule has 126 valence electrons. The van der Waals surface area contributed by atoms with Gasteiger partial charge in [0.05, 0.1) is 17.6 Å². The summed E-state index contributed by atoms with van der Waals surface area (Å²) >= 11 is 1.54. The van der Waals surface area contributed by atoms with Crippen LogP contribution >= 0.6 is 11.8 Å². The van der Waals surface area contributed by atoms with Gasteiger partial charge in [-0.2, -0.15) is 0 Å². The van der Waals surface area contributed by atoms with Crippen molar-refractivity contribution in [2.75, 3.05) is 23.7 Å². The SMILES string of the molecule is Cc1ncc(CCNC(=O)CCN2C(=O)CSc3ccccc32)o1. The molecule has 1 aromatic heterocycles. The summed E-state index contributed by atoms with van der Waals surface area (Å²) in [6, 6.07) is 7.78. The van der Waals surface area contributed by atoms with E-state index in [0.29, 0.717) is 31.2 Å². The summed E-state index contributed by atoms with van der Waals surface area (Å²) in [5.41, 5.74) is 0.892. The molecule has 0 fully saturated rings. The summed E-state index contributed by atoms with van der Waals surface area (Å²) in [5.74, 6) is 1.77. The van der Waals surface area contributed by atoms with Crippen molar-refractivity contribution in [2.24, 2.45) is 0 Å². The van der Waals surface area contributed by atoms with Crippen LogP contribution in [0, 0.1) is 6.92 Å². The van der Waals surface area contributed by atoms with Crippen molar-refractivity contribution >= 4 is 29.3 Å². The van der Waals surface area contributed by atoms with Crippen LogP contribution in [0.3, 0.4) is 0 Å². The number of aryl methyl sites for hydroxylation is 1. The first kappa shape index (κ1) is 16.6. The summed E-state index contributed by atoms with van der Waals surface area (Å²) in [4.78, 5) is 30.9. The zero-order valence-corrected chi connectivity index (χ0v) is 14.3. The van der Waals surface area contributed by atoms with Crippen LogP contribution in [-0.2, 0) is 16.0 Å². The van der Waals surface area contributed by atoms with Gasteiger partial charge in [-0.15, -0.1) is 11.8 Å². The number of carbonyl (C=O) groups excluding carboxylic acids is 2. The van der Waals surface area contributed by atoms with Gasteiger partial charge in [0.25, 0.3) is 0 Å². The van der Waals surface area contributed by atoms with Crippen molar-refractivity contribution < 1.29 is 14.0 Å². The number of rotatable bonds is 6. The van der Waals surface area contributed by atoms with Gasteiger partial charge in [-0.25, -0.2) is 4.98 Å². The maximum Gasteiger partial charge on any atom is 0.237 e. The summed E-state index contributed by atoms with van der Waals surface area (Å²) in [6.07, 6.45) is 2.55. The number of hydrogen-bond acceptors (Lipinski definition) is 5. The molecule has 0 aliphatic carbocycles. The fraction of sp³-hybridized carbons (Fsp3) is 0.353. The third-order valence-corrected chi connectivity index (χ3v) is 4.78. The second-order valence-electron chi connectivity index (χ2n) is 5.50. The number of oxazole rings is 1. The van der Waals surface area contributed by atoms with Crippen LogP contribution in [0.1, 0.15) is 18.1 Å². The van der Waals surface area contributed by atoms with Crippen molar-refractivity contribution in [3.8, 4) is 0 Å². The molecule has 2 heterocycles. The van der Waals surface area contributed by atoms with E-state index in [1.54, 1.807) is 29.8 Å². The van der Waals surface area contributed by atoms with Crippen LogP contribution in [0.25, 0.3) is 0 Å². The van der Waals surface area contributed by atoms with E-state index in [1.165, 1.54) is 0 Å². The first-order valence-electron chi connectivity index (χ1n) is 7.83. The standard InChI is InChI=1S/C17H19N3O3S/c1-12-19-10-13(23-12)6-8-18-16(21)7-9-20-14-4-2-3-5-15(14)24-11-17(20)22/h2-5,10H,6-9,11H2,1H3,(H,18,21). The number of aromatic nitrogens is 1. The average Bonchev–Trinajstić information content (AvgIpc) is 2.99. The van der Waals surface area contributed by atoms with Gasteiger partial charge >= 0.3 is 0 Å². The predicted octanol–water partition coefficient (Wildman–Crippen LogP) is 2.17. The Morgan fingerprint density at radius 2 is 2.25 bits per heavy atom. The molecule has 0 spiro atoms. The van der Waals surface area contributed by atoms with Gasteiger partial charge in [-0.05, 0) is 12.1 Å². The van der Waals surface area contributed by atoms with Crippen molar-refractivity contribution in [3.05, 3.63) is 42.1 Å². The molecule has 7 heteroatoms. The molecule has 0 unspecified atom stereocenters. The second kappa shape index (κ2) is 7.53. The molecule has 0 radical (unpaired) electrons. The topological polar surface area (TPSA) is 75.4 Å². The molecule has 2 aromatic rings. The van der Waals surface area contributed by atoms with Crippen molar-refractivity contribution in [3.63, 3.8) is 0 Å². The van der Waals surface area contributed by atoms with E-state index in [9.17, 15) is 9.59 Å². The van der Waals surface area contributed by atoms with E-state index in [1.807, 2.05) is 24.3 Å². The Morgan fingerprint density at radius 3 is 3.04 bits per heavy atom. The Kier molecular flexibility index (Phi) is 5.20. The van der Waals surface area contributed by atoms with Crippen molar-refractivity contribution in [1.82, 2.24) is 10.3 Å². The number of anilines is 1. The molecule has 0 saturated heterocycles. The van der Waals surface area contributed by atoms with Crippen LogP contribution < -0.4 is 10.2 Å². The van der Waals surface area contributed by atoms with E-state index in [4.69, 9.17) is 4.42 Å². The fourth-order valence-corrected chi connectivity index (χ4v) is 3.48. The lowest BCUT2D eigenvalue weighted by atomic mass is 10.2. The molecular formula is C17H19N3O3S. The maximum atomic E-state index is 12.1. The predicted molar refractivity (Wildman–Crippen MR) is 92.1 cm³/mol. The van der Waals surface area contributed by atoms with Crippen LogP contribution in [0.5, 0.6) is 0 Å². The average molecular weight is 345 g/mol. The number of nitrogens with one attached hydrogen (secondary N) is 1. The van der Waals surface area contributed by atoms with Gasteiger partial charge in [0.1, 0.15) is 5.76 Å². The van der Waals surface area contributed by atoms with Crippen LogP contribution in [0.4, 0.5) is 5.69 Å².